The lowest BCUT2D eigenvalue weighted by Gasteiger charge is -2.44. The third kappa shape index (κ3) is 7.32. The molecule has 0 aromatic heterocycles. The van der Waals surface area contributed by atoms with E-state index in [-0.39, 0.29) is 17.1 Å². The molecule has 0 saturated carbocycles. The molecule has 0 N–H and O–H groups in total. The van der Waals surface area contributed by atoms with Crippen LogP contribution in [-0.2, 0) is 25.0 Å². The van der Waals surface area contributed by atoms with Gasteiger partial charge in [0.05, 0.1) is 13.7 Å². The van der Waals surface area contributed by atoms with Gasteiger partial charge in [-0.3, -0.25) is 19.2 Å². The van der Waals surface area contributed by atoms with Crippen LogP contribution in [0.2, 0.25) is 0 Å². The van der Waals surface area contributed by atoms with Crippen LogP contribution in [0.15, 0.2) is 24.3 Å². The average Bonchev–Trinajstić information content (AvgIpc) is 2.68. The summed E-state index contributed by atoms with van der Waals surface area (Å²) in [6, 6.07) is 6.91. The molecule has 0 aliphatic carbocycles. The Balaban J connectivity index is 3.10. The molecule has 0 radical (unpaired) electrons. The molecule has 0 atom stereocenters. The van der Waals surface area contributed by atoms with Crippen LogP contribution in [0.3, 0.4) is 0 Å². The van der Waals surface area contributed by atoms with Crippen molar-refractivity contribution in [2.45, 2.75) is 58.2 Å². The van der Waals surface area contributed by atoms with Crippen molar-refractivity contribution in [3.8, 4) is 0 Å². The number of hydroxylamine groups is 2. The van der Waals surface area contributed by atoms with E-state index in [1.165, 1.54) is 14.2 Å². The number of hydrogen-bond acceptors (Lipinski definition) is 5. The molecule has 0 spiro atoms. The highest BCUT2D eigenvalue weighted by Crippen LogP contribution is 2.53. The minimum atomic E-state index is -1.31. The zero-order valence-corrected chi connectivity index (χ0v) is 22.1. The van der Waals surface area contributed by atoms with Crippen molar-refractivity contribution in [2.75, 3.05) is 39.8 Å². The molecule has 7 nitrogen and oxygen atoms in total. The van der Waals surface area contributed by atoms with Crippen molar-refractivity contribution in [3.05, 3.63) is 35.4 Å². The highest BCUT2D eigenvalue weighted by atomic mass is 32.3. The Kier molecular flexibility index (Phi) is 9.51. The number of carbonyl (C=O) groups excluding carboxylic acids is 3. The molecule has 32 heavy (non-hydrogen) atoms. The summed E-state index contributed by atoms with van der Waals surface area (Å²) in [5, 5.41) is 0.880. The van der Waals surface area contributed by atoms with E-state index >= 15 is 0 Å². The third-order valence-electron chi connectivity index (χ3n) is 5.62. The Hall–Kier alpha value is -1.90. The highest BCUT2D eigenvalue weighted by molar-refractivity contribution is 8.29. The van der Waals surface area contributed by atoms with Gasteiger partial charge in [-0.25, -0.2) is 5.06 Å². The third-order valence-corrected chi connectivity index (χ3v) is 9.33. The van der Waals surface area contributed by atoms with Crippen LogP contribution < -0.4 is 0 Å². The van der Waals surface area contributed by atoms with Crippen molar-refractivity contribution in [1.82, 2.24) is 9.96 Å². The summed E-state index contributed by atoms with van der Waals surface area (Å²) in [5.41, 5.74) is 0.465. The molecule has 1 aromatic carbocycles. The summed E-state index contributed by atoms with van der Waals surface area (Å²) < 4.78 is 6.27. The van der Waals surface area contributed by atoms with E-state index in [4.69, 9.17) is 9.02 Å². The van der Waals surface area contributed by atoms with Crippen molar-refractivity contribution in [3.63, 3.8) is 0 Å². The van der Waals surface area contributed by atoms with Crippen LogP contribution in [0.5, 0.6) is 0 Å². The second-order valence-corrected chi connectivity index (χ2v) is 14.0. The van der Waals surface area contributed by atoms with Gasteiger partial charge in [-0.05, 0) is 44.9 Å². The first-order valence-electron chi connectivity index (χ1n) is 10.6. The van der Waals surface area contributed by atoms with E-state index < -0.39 is 27.5 Å². The number of benzene rings is 1. The lowest BCUT2D eigenvalue weighted by Crippen LogP contribution is -2.48. The van der Waals surface area contributed by atoms with E-state index in [0.717, 1.165) is 5.06 Å². The van der Waals surface area contributed by atoms with Crippen LogP contribution in [0, 0.1) is 0 Å². The molecule has 0 unspecified atom stereocenters. The normalized spacial score (nSPS) is 12.9. The lowest BCUT2D eigenvalue weighted by atomic mass is 9.98. The standard InChI is InChI=1S/C24H40N2O5S/c1-23(2,3)26(15-16-31-32(9,10)24(4,5)6)21(28)19-14-12-11-13-18(19)17-20(27)22(29)25(7)30-8/h11-14H,15-17H2,1-10H3. The van der Waals surface area contributed by atoms with E-state index in [9.17, 15) is 14.4 Å². The van der Waals surface area contributed by atoms with Crippen LogP contribution >= 0.6 is 10.3 Å². The van der Waals surface area contributed by atoms with Gasteiger partial charge in [-0.2, -0.15) is 0 Å². The first kappa shape index (κ1) is 28.1. The summed E-state index contributed by atoms with van der Waals surface area (Å²) in [6.45, 7) is 13.2. The maximum Gasteiger partial charge on any atom is 0.313 e. The lowest BCUT2D eigenvalue weighted by molar-refractivity contribution is -0.172. The number of rotatable bonds is 9. The van der Waals surface area contributed by atoms with Gasteiger partial charge in [0.25, 0.3) is 5.91 Å². The number of hydrogen-bond donors (Lipinski definition) is 0. The molecular formula is C24H40N2O5S. The van der Waals surface area contributed by atoms with Crippen LogP contribution in [0.25, 0.3) is 0 Å². The molecule has 8 heteroatoms. The highest BCUT2D eigenvalue weighted by Gasteiger charge is 2.32. The fraction of sp³-hybridized carbons (Fsp3) is 0.625. The second kappa shape index (κ2) is 10.8. The van der Waals surface area contributed by atoms with Gasteiger partial charge < -0.3 is 9.08 Å². The van der Waals surface area contributed by atoms with E-state index in [0.29, 0.717) is 24.3 Å². The fourth-order valence-corrected chi connectivity index (χ4v) is 3.64. The van der Waals surface area contributed by atoms with Gasteiger partial charge in [0.1, 0.15) is 0 Å². The van der Waals surface area contributed by atoms with Gasteiger partial charge in [0, 0.05) is 35.9 Å². The molecule has 0 heterocycles. The van der Waals surface area contributed by atoms with Gasteiger partial charge in [0.2, 0.25) is 5.78 Å². The molecule has 1 rings (SSSR count). The zero-order chi connectivity index (χ0) is 24.9. The Morgan fingerprint density at radius 1 is 1.00 bits per heavy atom. The first-order chi connectivity index (χ1) is 14.5. The van der Waals surface area contributed by atoms with E-state index in [1.54, 1.807) is 29.2 Å². The SMILES string of the molecule is CON(C)C(=O)C(=O)Cc1ccccc1C(=O)N(CCOS(C)(C)C(C)(C)C)C(C)(C)C. The maximum atomic E-state index is 13.6. The van der Waals surface area contributed by atoms with Gasteiger partial charge in [0.15, 0.2) is 0 Å². The second-order valence-electron chi connectivity index (χ2n) is 10.0. The molecule has 0 aliphatic heterocycles. The Bertz CT molecular complexity index is 824. The summed E-state index contributed by atoms with van der Waals surface area (Å²) in [5.74, 6) is -1.60. The van der Waals surface area contributed by atoms with Crippen molar-refractivity contribution >= 4 is 27.9 Å². The predicted molar refractivity (Wildman–Crippen MR) is 131 cm³/mol. The number of likely N-dealkylation sites (N-methyl/N-ethyl adjacent to an activating group) is 1. The number of ketones is 1. The van der Waals surface area contributed by atoms with Crippen LogP contribution in [-0.4, -0.2) is 77.7 Å². The Morgan fingerprint density at radius 2 is 1.56 bits per heavy atom. The van der Waals surface area contributed by atoms with Gasteiger partial charge in [-0.1, -0.05) is 39.0 Å². The minimum Gasteiger partial charge on any atom is -0.335 e. The van der Waals surface area contributed by atoms with Crippen molar-refractivity contribution in [1.29, 1.82) is 0 Å². The average molecular weight is 469 g/mol. The quantitative estimate of drug-likeness (QED) is 0.406. The molecule has 0 aliphatic rings. The maximum absolute atomic E-state index is 13.6. The molecule has 2 amide bonds. The number of nitrogens with zero attached hydrogens (tertiary/aromatic N) is 2. The van der Waals surface area contributed by atoms with E-state index in [2.05, 4.69) is 33.3 Å². The molecule has 0 saturated heterocycles. The fourth-order valence-electron chi connectivity index (χ4n) is 2.79. The van der Waals surface area contributed by atoms with Gasteiger partial charge in [-0.15, -0.1) is 10.3 Å². The van der Waals surface area contributed by atoms with Crippen LogP contribution in [0.4, 0.5) is 0 Å². The number of carbonyl (C=O) groups is 3. The van der Waals surface area contributed by atoms with E-state index in [1.807, 2.05) is 20.8 Å². The number of amides is 2. The molecule has 182 valence electrons. The minimum absolute atomic E-state index is 0.0262. The summed E-state index contributed by atoms with van der Waals surface area (Å²) in [7, 11) is 1.38. The summed E-state index contributed by atoms with van der Waals surface area (Å²) in [4.78, 5) is 44.6. The largest absolute Gasteiger partial charge is 0.335 e. The Labute approximate surface area is 194 Å². The zero-order valence-electron chi connectivity index (χ0n) is 21.3. The van der Waals surface area contributed by atoms with Gasteiger partial charge >= 0.3 is 5.91 Å². The Morgan fingerprint density at radius 3 is 2.06 bits per heavy atom. The molecular weight excluding hydrogens is 428 g/mol. The predicted octanol–water partition coefficient (Wildman–Crippen LogP) is 3.85. The molecule has 1 aromatic rings. The summed E-state index contributed by atoms with van der Waals surface area (Å²) >= 11 is 0. The molecule has 0 bridgehead atoms. The van der Waals surface area contributed by atoms with Crippen molar-refractivity contribution in [2.24, 2.45) is 0 Å². The topological polar surface area (TPSA) is 76.2 Å². The van der Waals surface area contributed by atoms with Crippen molar-refractivity contribution < 1.29 is 23.4 Å². The summed E-state index contributed by atoms with van der Waals surface area (Å²) in [6.07, 6.45) is 4.08. The number of Topliss-reactive ketones (excluding diaryl/α,β-unsaturated/α-hetero) is 1. The first-order valence-corrected chi connectivity index (χ1v) is 13.0. The molecule has 0 fully saturated rings. The smallest absolute Gasteiger partial charge is 0.313 e. The monoisotopic (exact) mass is 468 g/mol. The van der Waals surface area contributed by atoms with Crippen LogP contribution in [0.1, 0.15) is 57.5 Å².